The van der Waals surface area contributed by atoms with Gasteiger partial charge in [0, 0.05) is 74.9 Å². The molecule has 5 heterocycles. The zero-order chi connectivity index (χ0) is 27.1. The predicted molar refractivity (Wildman–Crippen MR) is 144 cm³/mol. The van der Waals surface area contributed by atoms with E-state index in [1.807, 2.05) is 18.2 Å². The molecule has 2 aromatic heterocycles. The molecule has 10 heteroatoms. The summed E-state index contributed by atoms with van der Waals surface area (Å²) in [5.41, 5.74) is 5.25. The number of aromatic nitrogens is 2. The van der Waals surface area contributed by atoms with Gasteiger partial charge in [-0.3, -0.25) is 14.5 Å². The molecule has 0 aliphatic carbocycles. The number of carbonyl (C=O) groups is 3. The van der Waals surface area contributed by atoms with Gasteiger partial charge in [-0.2, -0.15) is 0 Å². The highest BCUT2D eigenvalue weighted by atomic mass is 16.5. The number of aliphatic hydroxyl groups is 1. The molecule has 1 aromatic carbocycles. The van der Waals surface area contributed by atoms with E-state index in [1.54, 1.807) is 4.90 Å². The summed E-state index contributed by atoms with van der Waals surface area (Å²) >= 11 is 0. The Balaban J connectivity index is 1.34. The summed E-state index contributed by atoms with van der Waals surface area (Å²) in [5.74, 6) is -0.138. The number of ether oxygens (including phenoxy) is 1. The number of aldehydes is 1. The van der Waals surface area contributed by atoms with Gasteiger partial charge in [0.15, 0.2) is 0 Å². The summed E-state index contributed by atoms with van der Waals surface area (Å²) < 4.78 is 7.63. The fourth-order valence-electron chi connectivity index (χ4n) is 5.89. The normalized spacial score (nSPS) is 18.6. The van der Waals surface area contributed by atoms with E-state index in [9.17, 15) is 19.5 Å². The lowest BCUT2D eigenvalue weighted by atomic mass is 9.98. The molecule has 2 saturated heterocycles. The maximum absolute atomic E-state index is 13.2. The monoisotopic (exact) mass is 531 g/mol. The van der Waals surface area contributed by atoms with E-state index in [2.05, 4.69) is 33.1 Å². The van der Waals surface area contributed by atoms with Crippen LogP contribution in [0.15, 0.2) is 36.5 Å². The van der Waals surface area contributed by atoms with E-state index >= 15 is 0 Å². The Kier molecular flexibility index (Phi) is 6.92. The van der Waals surface area contributed by atoms with E-state index in [-0.39, 0.29) is 37.3 Å². The average molecular weight is 532 g/mol. The predicted octanol–water partition coefficient (Wildman–Crippen LogP) is 1.75. The average Bonchev–Trinajstić information content (AvgIpc) is 3.45. The second-order valence-electron chi connectivity index (χ2n) is 10.7. The Labute approximate surface area is 226 Å². The van der Waals surface area contributed by atoms with Crippen molar-refractivity contribution in [2.24, 2.45) is 5.92 Å². The fraction of sp³-hybridized carbons (Fsp3) is 0.448. The molecular weight excluding hydrogens is 498 g/mol. The number of likely N-dealkylation sites (tertiary alicyclic amines) is 1. The minimum Gasteiger partial charge on any atom is -0.396 e. The number of benzene rings is 1. The smallest absolute Gasteiger partial charge is 0.255 e. The Hall–Kier alpha value is -3.60. The van der Waals surface area contributed by atoms with Gasteiger partial charge in [-0.25, -0.2) is 4.98 Å². The zero-order valence-electron chi connectivity index (χ0n) is 22.0. The number of rotatable bonds is 10. The van der Waals surface area contributed by atoms with Crippen LogP contribution in [0.1, 0.15) is 40.4 Å². The highest BCUT2D eigenvalue weighted by Gasteiger charge is 2.36. The Morgan fingerprint density at radius 3 is 2.77 bits per heavy atom. The first kappa shape index (κ1) is 25.7. The SMILES string of the molecule is CNC(=O)C(CCC=O)N1Cc2cc(-c3cc(CN4CC(CO)C4)c4ccn(C5COC5)c4n3)ccc2C1=O. The maximum atomic E-state index is 13.2. The minimum atomic E-state index is -0.697. The number of pyridine rings is 1. The number of carbonyl (C=O) groups excluding carboxylic acids is 3. The minimum absolute atomic E-state index is 0.199. The van der Waals surface area contributed by atoms with Crippen LogP contribution in [0.25, 0.3) is 22.3 Å². The van der Waals surface area contributed by atoms with Crippen LogP contribution in [0.3, 0.4) is 0 Å². The molecule has 39 heavy (non-hydrogen) atoms. The Morgan fingerprint density at radius 2 is 2.08 bits per heavy atom. The molecule has 204 valence electrons. The van der Waals surface area contributed by atoms with Crippen molar-refractivity contribution >= 4 is 29.1 Å². The molecule has 2 N–H and O–H groups in total. The van der Waals surface area contributed by atoms with Crippen LogP contribution >= 0.6 is 0 Å². The first-order chi connectivity index (χ1) is 19.0. The first-order valence-corrected chi connectivity index (χ1v) is 13.5. The largest absolute Gasteiger partial charge is 0.396 e. The molecule has 3 aliphatic rings. The quantitative estimate of drug-likeness (QED) is 0.383. The second kappa shape index (κ2) is 10.5. The fourth-order valence-corrected chi connectivity index (χ4v) is 5.89. The molecule has 10 nitrogen and oxygen atoms in total. The van der Waals surface area contributed by atoms with Crippen molar-refractivity contribution in [1.29, 1.82) is 0 Å². The summed E-state index contributed by atoms with van der Waals surface area (Å²) in [4.78, 5) is 45.7. The van der Waals surface area contributed by atoms with Crippen molar-refractivity contribution in [3.05, 3.63) is 53.2 Å². The van der Waals surface area contributed by atoms with E-state index < -0.39 is 6.04 Å². The van der Waals surface area contributed by atoms with Crippen molar-refractivity contribution in [3.63, 3.8) is 0 Å². The second-order valence-corrected chi connectivity index (χ2v) is 10.7. The third-order valence-electron chi connectivity index (χ3n) is 8.19. The molecule has 2 fully saturated rings. The van der Waals surface area contributed by atoms with Crippen molar-refractivity contribution in [3.8, 4) is 11.3 Å². The van der Waals surface area contributed by atoms with Gasteiger partial charge in [0.25, 0.3) is 5.91 Å². The Bertz CT molecular complexity index is 1420. The molecule has 3 aromatic rings. The summed E-state index contributed by atoms with van der Waals surface area (Å²) in [5, 5.41) is 13.2. The molecule has 0 saturated carbocycles. The van der Waals surface area contributed by atoms with Crippen LogP contribution in [0, 0.1) is 5.92 Å². The summed E-state index contributed by atoms with van der Waals surface area (Å²) in [6, 6.07) is 9.56. The number of nitrogens with zero attached hydrogens (tertiary/aromatic N) is 4. The van der Waals surface area contributed by atoms with Crippen molar-refractivity contribution in [2.45, 2.75) is 38.0 Å². The van der Waals surface area contributed by atoms with Gasteiger partial charge in [-0.1, -0.05) is 6.07 Å². The van der Waals surface area contributed by atoms with Crippen LogP contribution < -0.4 is 5.32 Å². The van der Waals surface area contributed by atoms with E-state index in [1.165, 1.54) is 12.6 Å². The summed E-state index contributed by atoms with van der Waals surface area (Å²) in [7, 11) is 1.54. The van der Waals surface area contributed by atoms with Gasteiger partial charge in [-0.15, -0.1) is 0 Å². The molecule has 1 unspecified atom stereocenters. The summed E-state index contributed by atoms with van der Waals surface area (Å²) in [6.07, 6.45) is 3.35. The van der Waals surface area contributed by atoms with Crippen molar-refractivity contribution < 1.29 is 24.2 Å². The van der Waals surface area contributed by atoms with Crippen LogP contribution in [0.4, 0.5) is 0 Å². The lowest BCUT2D eigenvalue weighted by molar-refractivity contribution is -0.125. The molecule has 0 bridgehead atoms. The number of nitrogens with one attached hydrogen (secondary N) is 1. The molecule has 3 aliphatic heterocycles. The number of amides is 2. The van der Waals surface area contributed by atoms with Crippen LogP contribution in [-0.2, 0) is 27.4 Å². The molecule has 6 rings (SSSR count). The molecule has 0 radical (unpaired) electrons. The standard InChI is InChI=1S/C29H33N5O5/c1-30-28(37)26(3-2-8-35)34-14-20-9-19(4-5-24(20)29(34)38)25-10-21(13-32-11-18(12-32)15-36)23-6-7-33(27(23)31-25)22-16-39-17-22/h4-10,18,22,26,36H,2-3,11-17H2,1H3,(H,30,37). The van der Waals surface area contributed by atoms with Crippen LogP contribution in [0.2, 0.25) is 0 Å². The molecule has 2 amide bonds. The van der Waals surface area contributed by atoms with Gasteiger partial charge >= 0.3 is 0 Å². The third-order valence-corrected chi connectivity index (χ3v) is 8.19. The number of aliphatic hydroxyl groups excluding tert-OH is 1. The number of likely N-dealkylation sites (N-methyl/N-ethyl adjacent to an activating group) is 1. The lowest BCUT2D eigenvalue weighted by Crippen LogP contribution is -2.47. The van der Waals surface area contributed by atoms with Gasteiger partial charge in [0.05, 0.1) is 24.9 Å². The molecule has 0 spiro atoms. The first-order valence-electron chi connectivity index (χ1n) is 13.5. The topological polar surface area (TPSA) is 117 Å². The van der Waals surface area contributed by atoms with Gasteiger partial charge in [-0.05, 0) is 41.8 Å². The lowest BCUT2D eigenvalue weighted by Gasteiger charge is -2.38. The highest BCUT2D eigenvalue weighted by Crippen LogP contribution is 2.34. The number of hydrogen-bond acceptors (Lipinski definition) is 7. The van der Waals surface area contributed by atoms with Gasteiger partial charge < -0.3 is 29.4 Å². The van der Waals surface area contributed by atoms with Crippen LogP contribution in [0.5, 0.6) is 0 Å². The Morgan fingerprint density at radius 1 is 1.26 bits per heavy atom. The van der Waals surface area contributed by atoms with E-state index in [0.29, 0.717) is 31.2 Å². The van der Waals surface area contributed by atoms with Gasteiger partial charge in [0.1, 0.15) is 18.0 Å². The molecular formula is C29H33N5O5. The van der Waals surface area contributed by atoms with Crippen molar-refractivity contribution in [1.82, 2.24) is 24.7 Å². The third kappa shape index (κ3) is 4.62. The zero-order valence-corrected chi connectivity index (χ0v) is 22.0. The maximum Gasteiger partial charge on any atom is 0.255 e. The van der Waals surface area contributed by atoms with Gasteiger partial charge in [0.2, 0.25) is 5.91 Å². The van der Waals surface area contributed by atoms with E-state index in [4.69, 9.17) is 9.72 Å². The van der Waals surface area contributed by atoms with E-state index in [0.717, 1.165) is 53.8 Å². The van der Waals surface area contributed by atoms with Crippen molar-refractivity contribution in [2.75, 3.05) is 40.0 Å². The number of fused-ring (bicyclic) bond motifs is 2. The number of hydrogen-bond donors (Lipinski definition) is 2. The van der Waals surface area contributed by atoms with Crippen LogP contribution in [-0.4, -0.2) is 88.6 Å². The summed E-state index contributed by atoms with van der Waals surface area (Å²) in [6.45, 7) is 4.38. The highest BCUT2D eigenvalue weighted by molar-refractivity contribution is 6.01. The molecule has 1 atom stereocenters.